The molecule has 22 heavy (non-hydrogen) atoms. The van der Waals surface area contributed by atoms with Crippen molar-refractivity contribution in [3.8, 4) is 5.75 Å². The summed E-state index contributed by atoms with van der Waals surface area (Å²) in [6.45, 7) is 8.94. The predicted molar refractivity (Wildman–Crippen MR) is 86.6 cm³/mol. The van der Waals surface area contributed by atoms with Gasteiger partial charge < -0.3 is 19.7 Å². The van der Waals surface area contributed by atoms with Gasteiger partial charge in [0.2, 0.25) is 5.91 Å². The molecular formula is C17H27N2O3+. The highest BCUT2D eigenvalue weighted by molar-refractivity contribution is 5.92. The highest BCUT2D eigenvalue weighted by Crippen LogP contribution is 2.25. The fourth-order valence-electron chi connectivity index (χ4n) is 3.02. The van der Waals surface area contributed by atoms with E-state index in [1.807, 2.05) is 25.1 Å². The smallest absolute Gasteiger partial charge is 0.230 e. The van der Waals surface area contributed by atoms with Crippen molar-refractivity contribution >= 4 is 11.6 Å². The van der Waals surface area contributed by atoms with Gasteiger partial charge in [-0.15, -0.1) is 0 Å². The minimum absolute atomic E-state index is 0.0307. The first-order valence-corrected chi connectivity index (χ1v) is 7.91. The lowest BCUT2D eigenvalue weighted by Crippen LogP contribution is -3.15. The van der Waals surface area contributed by atoms with Crippen LogP contribution in [0.5, 0.6) is 5.75 Å². The SMILES string of the molecule is COc1ccc(C)cc1NC(=O)CC[NH+]1C[C@H](C)O[C@@H](C)C1. The summed E-state index contributed by atoms with van der Waals surface area (Å²) < 4.78 is 11.0. The standard InChI is InChI=1S/C17H26N2O3/c1-12-5-6-16(21-4)15(9-12)18-17(20)7-8-19-10-13(2)22-14(3)11-19/h5-6,9,13-14H,7-8,10-11H2,1-4H3,(H,18,20)/p+1/t13-,14-/m0/s1. The molecule has 5 heteroatoms. The van der Waals surface area contributed by atoms with Crippen LogP contribution >= 0.6 is 0 Å². The van der Waals surface area contributed by atoms with Crippen molar-refractivity contribution in [2.75, 3.05) is 32.1 Å². The van der Waals surface area contributed by atoms with Crippen LogP contribution in [0.3, 0.4) is 0 Å². The number of aryl methyl sites for hydroxylation is 1. The number of carbonyl (C=O) groups is 1. The largest absolute Gasteiger partial charge is 0.495 e. The molecule has 1 aliphatic heterocycles. The number of quaternary nitrogens is 1. The van der Waals surface area contributed by atoms with E-state index in [1.165, 1.54) is 4.90 Å². The molecule has 1 saturated heterocycles. The third-order valence-corrected chi connectivity index (χ3v) is 3.95. The fraction of sp³-hybridized carbons (Fsp3) is 0.588. The van der Waals surface area contributed by atoms with E-state index in [0.717, 1.165) is 30.9 Å². The quantitative estimate of drug-likeness (QED) is 0.854. The highest BCUT2D eigenvalue weighted by Gasteiger charge is 2.25. The van der Waals surface area contributed by atoms with Crippen molar-refractivity contribution in [3.05, 3.63) is 23.8 Å². The number of rotatable bonds is 5. The Hall–Kier alpha value is -1.59. The zero-order chi connectivity index (χ0) is 16.1. The molecule has 0 unspecified atom stereocenters. The highest BCUT2D eigenvalue weighted by atomic mass is 16.5. The molecule has 1 fully saturated rings. The predicted octanol–water partition coefficient (Wildman–Crippen LogP) is 1.02. The second kappa shape index (κ2) is 7.61. The van der Waals surface area contributed by atoms with Crippen LogP contribution in [0.4, 0.5) is 5.69 Å². The molecule has 122 valence electrons. The lowest BCUT2D eigenvalue weighted by atomic mass is 10.2. The molecule has 1 amide bonds. The van der Waals surface area contributed by atoms with Gasteiger partial charge in [-0.3, -0.25) is 4.79 Å². The van der Waals surface area contributed by atoms with Crippen LogP contribution < -0.4 is 15.0 Å². The van der Waals surface area contributed by atoms with Gasteiger partial charge in [-0.05, 0) is 38.5 Å². The van der Waals surface area contributed by atoms with Gasteiger partial charge in [-0.25, -0.2) is 0 Å². The van der Waals surface area contributed by atoms with Crippen LogP contribution in [0.15, 0.2) is 18.2 Å². The van der Waals surface area contributed by atoms with Crippen molar-refractivity contribution < 1.29 is 19.2 Å². The lowest BCUT2D eigenvalue weighted by molar-refractivity contribution is -0.914. The number of morpholine rings is 1. The number of hydrogen-bond donors (Lipinski definition) is 2. The molecular weight excluding hydrogens is 280 g/mol. The number of anilines is 1. The molecule has 1 aromatic rings. The zero-order valence-electron chi connectivity index (χ0n) is 13.9. The molecule has 0 aromatic heterocycles. The van der Waals surface area contributed by atoms with E-state index in [0.29, 0.717) is 12.2 Å². The van der Waals surface area contributed by atoms with E-state index in [-0.39, 0.29) is 18.1 Å². The summed E-state index contributed by atoms with van der Waals surface area (Å²) in [5.74, 6) is 0.725. The average Bonchev–Trinajstić information content (AvgIpc) is 2.44. The summed E-state index contributed by atoms with van der Waals surface area (Å²) in [7, 11) is 1.61. The second-order valence-corrected chi connectivity index (χ2v) is 6.17. The van der Waals surface area contributed by atoms with Gasteiger partial charge in [-0.2, -0.15) is 0 Å². The van der Waals surface area contributed by atoms with Crippen LogP contribution in [-0.4, -0.2) is 44.9 Å². The number of benzene rings is 1. The summed E-state index contributed by atoms with van der Waals surface area (Å²) in [6, 6.07) is 5.78. The number of hydrogen-bond acceptors (Lipinski definition) is 3. The summed E-state index contributed by atoms with van der Waals surface area (Å²) in [6.07, 6.45) is 1.03. The van der Waals surface area contributed by atoms with Crippen LogP contribution in [0, 0.1) is 6.92 Å². The Labute approximate surface area is 132 Å². The molecule has 1 heterocycles. The van der Waals surface area contributed by atoms with Crippen LogP contribution in [-0.2, 0) is 9.53 Å². The maximum absolute atomic E-state index is 12.2. The van der Waals surface area contributed by atoms with Gasteiger partial charge in [0, 0.05) is 0 Å². The third kappa shape index (κ3) is 4.71. The first-order valence-electron chi connectivity index (χ1n) is 7.91. The fourth-order valence-corrected chi connectivity index (χ4v) is 3.02. The molecule has 0 radical (unpaired) electrons. The molecule has 0 aliphatic carbocycles. The Morgan fingerprint density at radius 2 is 2.05 bits per heavy atom. The summed E-state index contributed by atoms with van der Waals surface area (Å²) in [5.41, 5.74) is 1.84. The number of amides is 1. The molecule has 2 N–H and O–H groups in total. The lowest BCUT2D eigenvalue weighted by Gasteiger charge is -2.32. The Morgan fingerprint density at radius 3 is 2.68 bits per heavy atom. The van der Waals surface area contributed by atoms with E-state index in [1.54, 1.807) is 7.11 Å². The van der Waals surface area contributed by atoms with Crippen molar-refractivity contribution in [1.82, 2.24) is 0 Å². The van der Waals surface area contributed by atoms with E-state index in [9.17, 15) is 4.79 Å². The van der Waals surface area contributed by atoms with Crippen molar-refractivity contribution in [2.45, 2.75) is 39.4 Å². The molecule has 2 atom stereocenters. The summed E-state index contributed by atoms with van der Waals surface area (Å²) >= 11 is 0. The molecule has 5 nitrogen and oxygen atoms in total. The normalized spacial score (nSPS) is 24.8. The van der Waals surface area contributed by atoms with Gasteiger partial charge >= 0.3 is 0 Å². The van der Waals surface area contributed by atoms with Gasteiger partial charge in [-0.1, -0.05) is 6.07 Å². The topological polar surface area (TPSA) is 52.0 Å². The molecule has 2 rings (SSSR count). The Balaban J connectivity index is 1.87. The molecule has 1 aromatic carbocycles. The van der Waals surface area contributed by atoms with E-state index in [4.69, 9.17) is 9.47 Å². The van der Waals surface area contributed by atoms with E-state index < -0.39 is 0 Å². The number of ether oxygens (including phenoxy) is 2. The summed E-state index contributed by atoms with van der Waals surface area (Å²) in [5, 5.41) is 2.96. The third-order valence-electron chi connectivity index (χ3n) is 3.95. The second-order valence-electron chi connectivity index (χ2n) is 6.17. The van der Waals surface area contributed by atoms with E-state index >= 15 is 0 Å². The molecule has 0 spiro atoms. The first kappa shape index (κ1) is 16.8. The van der Waals surface area contributed by atoms with Crippen molar-refractivity contribution in [1.29, 1.82) is 0 Å². The Bertz CT molecular complexity index is 509. The maximum Gasteiger partial charge on any atom is 0.230 e. The van der Waals surface area contributed by atoms with Crippen LogP contribution in [0.1, 0.15) is 25.8 Å². The average molecular weight is 307 g/mol. The van der Waals surface area contributed by atoms with Crippen molar-refractivity contribution in [2.24, 2.45) is 0 Å². The van der Waals surface area contributed by atoms with Gasteiger partial charge in [0.05, 0.1) is 25.8 Å². The molecule has 0 saturated carbocycles. The number of carbonyl (C=O) groups excluding carboxylic acids is 1. The van der Waals surface area contributed by atoms with Crippen LogP contribution in [0.2, 0.25) is 0 Å². The van der Waals surface area contributed by atoms with Gasteiger partial charge in [0.15, 0.2) is 0 Å². The maximum atomic E-state index is 12.2. The monoisotopic (exact) mass is 307 g/mol. The Morgan fingerprint density at radius 1 is 1.36 bits per heavy atom. The first-order chi connectivity index (χ1) is 10.5. The van der Waals surface area contributed by atoms with Gasteiger partial charge in [0.1, 0.15) is 31.0 Å². The van der Waals surface area contributed by atoms with Crippen molar-refractivity contribution in [3.63, 3.8) is 0 Å². The molecule has 1 aliphatic rings. The zero-order valence-corrected chi connectivity index (χ0v) is 13.9. The van der Waals surface area contributed by atoms with Gasteiger partial charge in [0.25, 0.3) is 0 Å². The minimum atomic E-state index is 0.0307. The summed E-state index contributed by atoms with van der Waals surface area (Å²) in [4.78, 5) is 13.6. The molecule has 0 bridgehead atoms. The number of nitrogens with one attached hydrogen (secondary N) is 2. The number of methoxy groups -OCH3 is 1. The van der Waals surface area contributed by atoms with E-state index in [2.05, 4.69) is 19.2 Å². The minimum Gasteiger partial charge on any atom is -0.495 e. The van der Waals surface area contributed by atoms with Crippen LogP contribution in [0.25, 0.3) is 0 Å². The Kier molecular flexibility index (Phi) is 5.80.